The van der Waals surface area contributed by atoms with E-state index in [2.05, 4.69) is 16.3 Å². The van der Waals surface area contributed by atoms with Crippen molar-refractivity contribution in [2.75, 3.05) is 0 Å². The second kappa shape index (κ2) is 2.02. The summed E-state index contributed by atoms with van der Waals surface area (Å²) in [5, 5.41) is 0. The zero-order valence-corrected chi connectivity index (χ0v) is 5.16. The van der Waals surface area contributed by atoms with Crippen LogP contribution in [0.1, 0.15) is 0 Å². The number of hydrogen-bond acceptors (Lipinski definition) is 2. The van der Waals surface area contributed by atoms with E-state index in [0.29, 0.717) is 0 Å². The molecule has 0 spiro atoms. The van der Waals surface area contributed by atoms with Gasteiger partial charge in [-0.1, -0.05) is 0 Å². The van der Waals surface area contributed by atoms with Gasteiger partial charge in [-0.05, 0) is 12.1 Å². The summed E-state index contributed by atoms with van der Waals surface area (Å²) in [5.74, 6) is 0.762. The summed E-state index contributed by atoms with van der Waals surface area (Å²) < 4.78 is 5.08. The molecule has 2 heterocycles. The Morgan fingerprint density at radius 2 is 2.60 bits per heavy atom. The topological polar surface area (TPSA) is 41.8 Å². The maximum Gasteiger partial charge on any atom is 0.174 e. The third kappa shape index (κ3) is 0.719. The highest BCUT2D eigenvalue weighted by Gasteiger charge is 1.99. The van der Waals surface area contributed by atoms with Gasteiger partial charge >= 0.3 is 0 Å². The zero-order valence-electron chi connectivity index (χ0n) is 5.16. The van der Waals surface area contributed by atoms with Crippen LogP contribution in [0.25, 0.3) is 11.5 Å². The Balaban J connectivity index is 2.48. The Morgan fingerprint density at radius 1 is 1.60 bits per heavy atom. The van der Waals surface area contributed by atoms with Gasteiger partial charge < -0.3 is 9.40 Å². The van der Waals surface area contributed by atoms with Crippen molar-refractivity contribution in [3.8, 4) is 11.5 Å². The van der Waals surface area contributed by atoms with Crippen LogP contribution < -0.4 is 0 Å². The van der Waals surface area contributed by atoms with Gasteiger partial charge in [0.2, 0.25) is 0 Å². The minimum Gasteiger partial charge on any atom is -0.463 e. The van der Waals surface area contributed by atoms with E-state index in [9.17, 15) is 0 Å². The molecule has 49 valence electrons. The number of aromatic nitrogens is 2. The summed E-state index contributed by atoms with van der Waals surface area (Å²) in [4.78, 5) is 6.61. The van der Waals surface area contributed by atoms with Crippen molar-refractivity contribution in [2.45, 2.75) is 0 Å². The molecule has 0 saturated carbocycles. The van der Waals surface area contributed by atoms with Crippen LogP contribution in [-0.2, 0) is 0 Å². The first-order valence-electron chi connectivity index (χ1n) is 2.92. The second-order valence-corrected chi connectivity index (χ2v) is 1.87. The van der Waals surface area contributed by atoms with Gasteiger partial charge in [-0.25, -0.2) is 4.98 Å². The van der Waals surface area contributed by atoms with E-state index in [1.807, 2.05) is 12.1 Å². The first-order valence-corrected chi connectivity index (χ1v) is 2.92. The molecular weight excluding hydrogens is 128 g/mol. The third-order valence-electron chi connectivity index (χ3n) is 1.22. The largest absolute Gasteiger partial charge is 0.463 e. The number of nitrogens with zero attached hydrogens (tertiary/aromatic N) is 1. The van der Waals surface area contributed by atoms with Crippen molar-refractivity contribution in [1.29, 1.82) is 0 Å². The van der Waals surface area contributed by atoms with Gasteiger partial charge in [-0.3, -0.25) is 0 Å². The number of furan rings is 1. The van der Waals surface area contributed by atoms with Crippen LogP contribution >= 0.6 is 0 Å². The van der Waals surface area contributed by atoms with Gasteiger partial charge in [0, 0.05) is 6.20 Å². The Hall–Kier alpha value is -1.51. The minimum atomic E-state index is 0.762. The molecule has 2 aromatic rings. The van der Waals surface area contributed by atoms with Gasteiger partial charge in [0.15, 0.2) is 12.1 Å². The van der Waals surface area contributed by atoms with Crippen molar-refractivity contribution in [1.82, 2.24) is 9.97 Å². The molecule has 0 aromatic carbocycles. The van der Waals surface area contributed by atoms with E-state index in [0.717, 1.165) is 11.5 Å². The summed E-state index contributed by atoms with van der Waals surface area (Å²) in [6.07, 6.45) is 5.93. The highest BCUT2D eigenvalue weighted by molar-refractivity contribution is 5.49. The smallest absolute Gasteiger partial charge is 0.174 e. The summed E-state index contributed by atoms with van der Waals surface area (Å²) >= 11 is 0. The standard InChI is InChI=1S/C7H5N2O/c1-2-7(10-3-1)6-4-8-5-9-6/h1-4H,(H,8,9). The van der Waals surface area contributed by atoms with Crippen molar-refractivity contribution < 1.29 is 4.42 Å². The van der Waals surface area contributed by atoms with Crippen LogP contribution in [0.5, 0.6) is 0 Å². The van der Waals surface area contributed by atoms with Gasteiger partial charge in [0.25, 0.3) is 0 Å². The lowest BCUT2D eigenvalue weighted by Crippen LogP contribution is -1.68. The maximum absolute atomic E-state index is 5.08. The van der Waals surface area contributed by atoms with E-state index >= 15 is 0 Å². The number of hydrogen-bond donors (Lipinski definition) is 1. The lowest BCUT2D eigenvalue weighted by atomic mass is 10.4. The fourth-order valence-electron chi connectivity index (χ4n) is 0.776. The molecule has 3 heteroatoms. The van der Waals surface area contributed by atoms with E-state index in [4.69, 9.17) is 4.42 Å². The van der Waals surface area contributed by atoms with E-state index in [1.165, 1.54) is 0 Å². The van der Waals surface area contributed by atoms with Gasteiger partial charge in [-0.15, -0.1) is 0 Å². The van der Waals surface area contributed by atoms with Crippen molar-refractivity contribution >= 4 is 0 Å². The molecule has 0 atom stereocenters. The van der Waals surface area contributed by atoms with Crippen LogP contribution in [0, 0.1) is 6.33 Å². The number of imidazole rings is 1. The summed E-state index contributed by atoms with van der Waals surface area (Å²) in [6.45, 7) is 0. The molecule has 10 heavy (non-hydrogen) atoms. The molecule has 0 saturated heterocycles. The number of H-pyrrole nitrogens is 1. The van der Waals surface area contributed by atoms with E-state index in [-0.39, 0.29) is 0 Å². The molecule has 0 bridgehead atoms. The van der Waals surface area contributed by atoms with Gasteiger partial charge in [0.05, 0.1) is 6.26 Å². The zero-order chi connectivity index (χ0) is 6.81. The average Bonchev–Trinajstić information content (AvgIpc) is 2.59. The monoisotopic (exact) mass is 133 g/mol. The highest BCUT2D eigenvalue weighted by atomic mass is 16.3. The molecular formula is C7H5N2O. The van der Waals surface area contributed by atoms with Crippen LogP contribution in [0.3, 0.4) is 0 Å². The average molecular weight is 133 g/mol. The van der Waals surface area contributed by atoms with Crippen LogP contribution in [0.15, 0.2) is 29.0 Å². The van der Waals surface area contributed by atoms with E-state index < -0.39 is 0 Å². The number of nitrogens with one attached hydrogen (secondary N) is 1. The predicted molar refractivity (Wildman–Crippen MR) is 35.1 cm³/mol. The fraction of sp³-hybridized carbons (Fsp3) is 0. The van der Waals surface area contributed by atoms with Crippen molar-refractivity contribution in [3.63, 3.8) is 0 Å². The Kier molecular flexibility index (Phi) is 1.07. The minimum absolute atomic E-state index is 0.762. The molecule has 2 rings (SSSR count). The van der Waals surface area contributed by atoms with Crippen LogP contribution in [0.4, 0.5) is 0 Å². The fourth-order valence-corrected chi connectivity index (χ4v) is 0.776. The highest BCUT2D eigenvalue weighted by Crippen LogP contribution is 2.14. The number of rotatable bonds is 1. The lowest BCUT2D eigenvalue weighted by Gasteiger charge is -1.83. The second-order valence-electron chi connectivity index (χ2n) is 1.87. The normalized spacial score (nSPS) is 10.0. The molecule has 0 fully saturated rings. The Morgan fingerprint density at radius 3 is 3.20 bits per heavy atom. The van der Waals surface area contributed by atoms with E-state index in [1.54, 1.807) is 12.5 Å². The lowest BCUT2D eigenvalue weighted by molar-refractivity contribution is 0.580. The molecule has 0 unspecified atom stereocenters. The van der Waals surface area contributed by atoms with Gasteiger partial charge in [-0.2, -0.15) is 0 Å². The molecule has 0 aliphatic carbocycles. The molecule has 2 aromatic heterocycles. The molecule has 0 amide bonds. The molecule has 1 N–H and O–H groups in total. The Bertz CT molecular complexity index is 251. The predicted octanol–water partition coefficient (Wildman–Crippen LogP) is 1.47. The first kappa shape index (κ1) is 5.29. The van der Waals surface area contributed by atoms with Crippen molar-refractivity contribution in [2.24, 2.45) is 0 Å². The third-order valence-corrected chi connectivity index (χ3v) is 1.22. The summed E-state index contributed by atoms with van der Waals surface area (Å²) in [5.41, 5.74) is 0.782. The maximum atomic E-state index is 5.08. The Labute approximate surface area is 57.7 Å². The molecule has 3 nitrogen and oxygen atoms in total. The first-order chi connectivity index (χ1) is 4.97. The SMILES string of the molecule is [c]1nc(-c2ccco2)c[nH]1. The molecule has 0 aliphatic rings. The van der Waals surface area contributed by atoms with Crippen LogP contribution in [0.2, 0.25) is 0 Å². The van der Waals surface area contributed by atoms with Gasteiger partial charge in [0.1, 0.15) is 5.69 Å². The van der Waals surface area contributed by atoms with Crippen molar-refractivity contribution in [3.05, 3.63) is 30.9 Å². The molecule has 0 aliphatic heterocycles. The number of aromatic amines is 1. The summed E-state index contributed by atoms with van der Waals surface area (Å²) in [7, 11) is 0. The molecule has 1 radical (unpaired) electrons. The van der Waals surface area contributed by atoms with Crippen LogP contribution in [-0.4, -0.2) is 9.97 Å². The summed E-state index contributed by atoms with van der Waals surface area (Å²) in [6, 6.07) is 3.67. The quantitative estimate of drug-likeness (QED) is 0.640.